The molecular weight excluding hydrogens is 294 g/mol. The van der Waals surface area contributed by atoms with Crippen molar-refractivity contribution >= 4 is 43.4 Å². The molecule has 2 N–H and O–H groups in total. The van der Waals surface area contributed by atoms with E-state index in [9.17, 15) is 9.90 Å². The topological polar surface area (TPSA) is 65.5 Å². The first-order valence-electron chi connectivity index (χ1n) is 6.64. The van der Waals surface area contributed by atoms with E-state index in [1.807, 2.05) is 0 Å². The van der Waals surface area contributed by atoms with Crippen molar-refractivity contribution in [2.24, 2.45) is 5.92 Å². The highest BCUT2D eigenvalue weighted by molar-refractivity contribution is 7.29. The predicted molar refractivity (Wildman–Crippen MR) is 82.6 cm³/mol. The molecule has 0 aliphatic carbocycles. The number of rotatable bonds is 2. The molecule has 2 amide bonds. The highest BCUT2D eigenvalue weighted by Crippen LogP contribution is 2.32. The number of fused-ring (bicyclic) bond motifs is 1. The number of aromatic nitrogens is 1. The average molecular weight is 311 g/mol. The van der Waals surface area contributed by atoms with Gasteiger partial charge in [0.25, 0.3) is 0 Å². The van der Waals surface area contributed by atoms with Crippen LogP contribution in [0.1, 0.15) is 18.2 Å². The molecule has 1 saturated heterocycles. The molecule has 3 heterocycles. The minimum absolute atomic E-state index is 0.119. The number of urea groups is 1. The maximum Gasteiger partial charge on any atom is 0.323 e. The van der Waals surface area contributed by atoms with Gasteiger partial charge in [0.15, 0.2) is 5.13 Å². The SMILES string of the molecule is Cc1cc2sc(NC(=O)N3CC[C@@H]([C@@H](C)O)C3)nc2s1. The van der Waals surface area contributed by atoms with Gasteiger partial charge in [-0.2, -0.15) is 0 Å². The summed E-state index contributed by atoms with van der Waals surface area (Å²) in [6.45, 7) is 5.14. The number of thiazole rings is 1. The van der Waals surface area contributed by atoms with E-state index < -0.39 is 0 Å². The number of anilines is 1. The molecule has 1 aliphatic heterocycles. The Morgan fingerprint density at radius 1 is 1.60 bits per heavy atom. The molecule has 0 bridgehead atoms. The van der Waals surface area contributed by atoms with Crippen molar-refractivity contribution in [3.63, 3.8) is 0 Å². The molecule has 0 spiro atoms. The van der Waals surface area contributed by atoms with Crippen molar-refractivity contribution in [1.82, 2.24) is 9.88 Å². The molecule has 2 atom stereocenters. The standard InChI is InChI=1S/C13H17N3O2S2/c1-7-5-10-11(19-7)14-12(20-10)15-13(18)16-4-3-9(6-16)8(2)17/h5,8-9,17H,3-4,6H2,1-2H3,(H,14,15,18)/t8-,9-/m1/s1. The van der Waals surface area contributed by atoms with Crippen LogP contribution in [0.2, 0.25) is 0 Å². The van der Waals surface area contributed by atoms with Crippen molar-refractivity contribution in [2.75, 3.05) is 18.4 Å². The van der Waals surface area contributed by atoms with Crippen LogP contribution in [0.25, 0.3) is 9.53 Å². The van der Waals surface area contributed by atoms with Gasteiger partial charge < -0.3 is 10.0 Å². The number of aliphatic hydroxyl groups is 1. The van der Waals surface area contributed by atoms with Crippen LogP contribution in [-0.2, 0) is 0 Å². The molecular formula is C13H17N3O2S2. The molecule has 0 saturated carbocycles. The van der Waals surface area contributed by atoms with Crippen molar-refractivity contribution in [3.8, 4) is 0 Å². The summed E-state index contributed by atoms with van der Waals surface area (Å²) in [5.74, 6) is 0.184. The van der Waals surface area contributed by atoms with Crippen molar-refractivity contribution in [3.05, 3.63) is 10.9 Å². The fraction of sp³-hybridized carbons (Fsp3) is 0.538. The van der Waals surface area contributed by atoms with E-state index in [2.05, 4.69) is 23.3 Å². The third-order valence-electron chi connectivity index (χ3n) is 3.62. The summed E-state index contributed by atoms with van der Waals surface area (Å²) >= 11 is 3.14. The number of likely N-dealkylation sites (tertiary alicyclic amines) is 1. The van der Waals surface area contributed by atoms with Crippen LogP contribution < -0.4 is 5.32 Å². The van der Waals surface area contributed by atoms with Gasteiger partial charge in [-0.15, -0.1) is 11.3 Å². The number of thiophene rings is 1. The lowest BCUT2D eigenvalue weighted by Gasteiger charge is -2.17. The fourth-order valence-electron chi connectivity index (χ4n) is 2.44. The van der Waals surface area contributed by atoms with E-state index in [4.69, 9.17) is 0 Å². The number of amides is 2. The molecule has 1 aliphatic rings. The average Bonchev–Trinajstić information content (AvgIpc) is 3.02. The van der Waals surface area contributed by atoms with Gasteiger partial charge in [0.1, 0.15) is 4.83 Å². The van der Waals surface area contributed by atoms with Gasteiger partial charge in [-0.1, -0.05) is 11.3 Å². The van der Waals surface area contributed by atoms with Gasteiger partial charge in [0.2, 0.25) is 0 Å². The van der Waals surface area contributed by atoms with Crippen LogP contribution in [0, 0.1) is 12.8 Å². The minimum Gasteiger partial charge on any atom is -0.393 e. The van der Waals surface area contributed by atoms with Gasteiger partial charge >= 0.3 is 6.03 Å². The van der Waals surface area contributed by atoms with Crippen molar-refractivity contribution < 1.29 is 9.90 Å². The maximum absolute atomic E-state index is 12.2. The Morgan fingerprint density at radius 2 is 2.40 bits per heavy atom. The summed E-state index contributed by atoms with van der Waals surface area (Å²) in [6.07, 6.45) is 0.498. The Balaban J connectivity index is 1.65. The zero-order valence-corrected chi connectivity index (χ0v) is 13.1. The molecule has 1 fully saturated rings. The lowest BCUT2D eigenvalue weighted by molar-refractivity contribution is 0.130. The Hall–Kier alpha value is -1.18. The molecule has 0 unspecified atom stereocenters. The first kappa shape index (κ1) is 13.8. The molecule has 5 nitrogen and oxygen atoms in total. The summed E-state index contributed by atoms with van der Waals surface area (Å²) in [7, 11) is 0. The van der Waals surface area contributed by atoms with Gasteiger partial charge in [0, 0.05) is 23.9 Å². The number of hydrogen-bond acceptors (Lipinski definition) is 5. The lowest BCUT2D eigenvalue weighted by Crippen LogP contribution is -2.34. The summed E-state index contributed by atoms with van der Waals surface area (Å²) in [5.41, 5.74) is 0. The summed E-state index contributed by atoms with van der Waals surface area (Å²) < 4.78 is 1.12. The Morgan fingerprint density at radius 3 is 3.05 bits per heavy atom. The molecule has 0 aromatic carbocycles. The Bertz CT molecular complexity index is 603. The lowest BCUT2D eigenvalue weighted by atomic mass is 10.0. The van der Waals surface area contributed by atoms with Gasteiger partial charge in [-0.25, -0.2) is 9.78 Å². The van der Waals surface area contributed by atoms with E-state index in [1.165, 1.54) is 16.2 Å². The van der Waals surface area contributed by atoms with Gasteiger partial charge in [0.05, 0.1) is 10.8 Å². The summed E-state index contributed by atoms with van der Waals surface area (Å²) in [5, 5.41) is 13.1. The van der Waals surface area contributed by atoms with Crippen LogP contribution in [0.4, 0.5) is 9.93 Å². The number of hydrogen-bond donors (Lipinski definition) is 2. The second-order valence-corrected chi connectivity index (χ2v) is 7.48. The molecule has 2 aromatic rings. The third-order valence-corrected chi connectivity index (χ3v) is 5.61. The zero-order valence-electron chi connectivity index (χ0n) is 11.4. The van der Waals surface area contributed by atoms with E-state index >= 15 is 0 Å². The molecule has 0 radical (unpaired) electrons. The van der Waals surface area contributed by atoms with Gasteiger partial charge in [-0.3, -0.25) is 5.32 Å². The van der Waals surface area contributed by atoms with Crippen LogP contribution in [0.3, 0.4) is 0 Å². The number of nitrogens with zero attached hydrogens (tertiary/aromatic N) is 2. The third kappa shape index (κ3) is 2.65. The summed E-state index contributed by atoms with van der Waals surface area (Å²) in [6, 6.07) is 1.97. The minimum atomic E-state index is -0.360. The smallest absolute Gasteiger partial charge is 0.323 e. The molecule has 108 valence electrons. The van der Waals surface area contributed by atoms with E-state index in [-0.39, 0.29) is 18.1 Å². The number of aliphatic hydroxyl groups excluding tert-OH is 1. The molecule has 7 heteroatoms. The van der Waals surface area contributed by atoms with E-state index in [0.29, 0.717) is 18.2 Å². The molecule has 20 heavy (non-hydrogen) atoms. The van der Waals surface area contributed by atoms with Crippen LogP contribution in [0.5, 0.6) is 0 Å². The normalized spacial score (nSPS) is 20.6. The predicted octanol–water partition coefficient (Wildman–Crippen LogP) is 2.90. The number of carbonyl (C=O) groups excluding carboxylic acids is 1. The zero-order chi connectivity index (χ0) is 14.3. The van der Waals surface area contributed by atoms with Crippen LogP contribution in [-0.4, -0.2) is 40.2 Å². The highest BCUT2D eigenvalue weighted by Gasteiger charge is 2.29. The molecule has 3 rings (SSSR count). The highest BCUT2D eigenvalue weighted by atomic mass is 32.1. The van der Waals surface area contributed by atoms with E-state index in [1.54, 1.807) is 23.2 Å². The summed E-state index contributed by atoms with van der Waals surface area (Å²) in [4.78, 5) is 20.5. The van der Waals surface area contributed by atoms with E-state index in [0.717, 1.165) is 16.0 Å². The Kier molecular flexibility index (Phi) is 3.66. The maximum atomic E-state index is 12.2. The largest absolute Gasteiger partial charge is 0.393 e. The van der Waals surface area contributed by atoms with Crippen molar-refractivity contribution in [1.29, 1.82) is 0 Å². The molecule has 2 aromatic heterocycles. The van der Waals surface area contributed by atoms with Crippen molar-refractivity contribution in [2.45, 2.75) is 26.4 Å². The fourth-order valence-corrected chi connectivity index (χ4v) is 4.45. The first-order chi connectivity index (χ1) is 9.52. The monoisotopic (exact) mass is 311 g/mol. The quantitative estimate of drug-likeness (QED) is 0.896. The van der Waals surface area contributed by atoms with Gasteiger partial charge in [-0.05, 0) is 26.3 Å². The number of nitrogens with one attached hydrogen (secondary N) is 1. The number of carbonyl (C=O) groups is 1. The number of aryl methyl sites for hydroxylation is 1. The Labute approximate surface area is 125 Å². The first-order valence-corrected chi connectivity index (χ1v) is 8.27. The van der Waals surface area contributed by atoms with Crippen LogP contribution in [0.15, 0.2) is 6.07 Å². The van der Waals surface area contributed by atoms with Crippen LogP contribution >= 0.6 is 22.7 Å². The second-order valence-electron chi connectivity index (χ2n) is 5.21. The second kappa shape index (κ2) is 5.31.